The van der Waals surface area contributed by atoms with E-state index >= 15 is 0 Å². The third-order valence-corrected chi connectivity index (χ3v) is 8.99. The first kappa shape index (κ1) is 28.6. The number of para-hydroxylation sites is 1. The molecule has 0 saturated heterocycles. The smallest absolute Gasteiger partial charge is 0.164 e. The molecule has 0 radical (unpaired) electrons. The average molecular weight is 628 g/mol. The minimum absolute atomic E-state index is 0.639. The summed E-state index contributed by atoms with van der Waals surface area (Å²) in [6.45, 7) is 0. The van der Waals surface area contributed by atoms with Gasteiger partial charge >= 0.3 is 0 Å². The van der Waals surface area contributed by atoms with Gasteiger partial charge in [-0.25, -0.2) is 15.0 Å². The highest BCUT2D eigenvalue weighted by atomic mass is 16.3. The predicted octanol–water partition coefficient (Wildman–Crippen LogP) is 11.8. The zero-order chi connectivity index (χ0) is 32.6. The standard InChI is InChI=1S/C45H29N3O/c1-3-9-30(10-4-1)31-19-23-36(24-20-31)44-46-43(35-11-5-2-6-12-35)47-45(48-44)37-25-21-33(22-26-37)32-15-17-34(18-16-32)38-27-28-42-40(29-38)39-13-7-8-14-41(39)49-42/h1-29H. The molecule has 4 heteroatoms. The topological polar surface area (TPSA) is 51.8 Å². The van der Waals surface area contributed by atoms with Gasteiger partial charge in [0.15, 0.2) is 17.5 Å². The third-order valence-electron chi connectivity index (χ3n) is 8.99. The third kappa shape index (κ3) is 5.56. The number of rotatable bonds is 6. The largest absolute Gasteiger partial charge is 0.456 e. The minimum Gasteiger partial charge on any atom is -0.456 e. The van der Waals surface area contributed by atoms with Crippen LogP contribution in [0, 0.1) is 0 Å². The van der Waals surface area contributed by atoms with Gasteiger partial charge in [0.25, 0.3) is 0 Å². The van der Waals surface area contributed by atoms with Crippen LogP contribution in [0.15, 0.2) is 180 Å². The van der Waals surface area contributed by atoms with E-state index in [1.807, 2.05) is 48.5 Å². The Hall–Kier alpha value is -6.65. The molecule has 230 valence electrons. The molecule has 9 aromatic rings. The Balaban J connectivity index is 1.02. The van der Waals surface area contributed by atoms with E-state index in [2.05, 4.69) is 127 Å². The van der Waals surface area contributed by atoms with Gasteiger partial charge < -0.3 is 4.42 Å². The normalized spacial score (nSPS) is 11.3. The minimum atomic E-state index is 0.639. The molecule has 2 heterocycles. The summed E-state index contributed by atoms with van der Waals surface area (Å²) >= 11 is 0. The molecule has 9 rings (SSSR count). The van der Waals surface area contributed by atoms with E-state index in [0.29, 0.717) is 17.5 Å². The molecule has 0 aliphatic carbocycles. The van der Waals surface area contributed by atoms with Crippen molar-refractivity contribution in [2.24, 2.45) is 0 Å². The fourth-order valence-electron chi connectivity index (χ4n) is 6.37. The molecule has 0 aliphatic rings. The summed E-state index contributed by atoms with van der Waals surface area (Å²) in [5.41, 5.74) is 11.6. The van der Waals surface area contributed by atoms with Gasteiger partial charge in [-0.15, -0.1) is 0 Å². The van der Waals surface area contributed by atoms with Gasteiger partial charge in [-0.3, -0.25) is 0 Å². The maximum atomic E-state index is 6.03. The monoisotopic (exact) mass is 627 g/mol. The quantitative estimate of drug-likeness (QED) is 0.184. The van der Waals surface area contributed by atoms with E-state index in [4.69, 9.17) is 19.4 Å². The van der Waals surface area contributed by atoms with E-state index < -0.39 is 0 Å². The Morgan fingerprint density at radius 3 is 1.14 bits per heavy atom. The van der Waals surface area contributed by atoms with E-state index in [1.165, 1.54) is 5.56 Å². The first-order valence-corrected chi connectivity index (χ1v) is 16.4. The van der Waals surface area contributed by atoms with Gasteiger partial charge in [0.05, 0.1) is 0 Å². The van der Waals surface area contributed by atoms with Crippen LogP contribution in [-0.2, 0) is 0 Å². The van der Waals surface area contributed by atoms with Crippen LogP contribution in [0.25, 0.3) is 89.5 Å². The second-order valence-electron chi connectivity index (χ2n) is 12.1. The number of nitrogens with zero attached hydrogens (tertiary/aromatic N) is 3. The molecule has 0 fully saturated rings. The Bertz CT molecular complexity index is 2560. The SMILES string of the molecule is c1ccc(-c2ccc(-c3nc(-c4ccccc4)nc(-c4ccc(-c5ccc(-c6ccc7oc8ccccc8c7c6)cc5)cc4)n3)cc2)cc1. The number of aromatic nitrogens is 3. The zero-order valence-corrected chi connectivity index (χ0v) is 26.5. The molecule has 2 aromatic heterocycles. The van der Waals surface area contributed by atoms with Crippen LogP contribution >= 0.6 is 0 Å². The predicted molar refractivity (Wildman–Crippen MR) is 200 cm³/mol. The Morgan fingerprint density at radius 1 is 0.265 bits per heavy atom. The molecular weight excluding hydrogens is 599 g/mol. The van der Waals surface area contributed by atoms with Crippen molar-refractivity contribution < 1.29 is 4.42 Å². The van der Waals surface area contributed by atoms with Crippen molar-refractivity contribution in [3.8, 4) is 67.5 Å². The number of hydrogen-bond donors (Lipinski definition) is 0. The lowest BCUT2D eigenvalue weighted by Crippen LogP contribution is -2.00. The van der Waals surface area contributed by atoms with Crippen molar-refractivity contribution in [3.63, 3.8) is 0 Å². The van der Waals surface area contributed by atoms with Crippen LogP contribution in [0.4, 0.5) is 0 Å². The first-order valence-electron chi connectivity index (χ1n) is 16.4. The van der Waals surface area contributed by atoms with Gasteiger partial charge in [-0.05, 0) is 51.6 Å². The summed E-state index contributed by atoms with van der Waals surface area (Å²) in [5.74, 6) is 1.93. The molecule has 0 aliphatic heterocycles. The average Bonchev–Trinajstić information content (AvgIpc) is 3.57. The summed E-state index contributed by atoms with van der Waals surface area (Å²) in [7, 11) is 0. The molecule has 0 bridgehead atoms. The van der Waals surface area contributed by atoms with Crippen molar-refractivity contribution in [2.45, 2.75) is 0 Å². The van der Waals surface area contributed by atoms with Crippen molar-refractivity contribution in [2.75, 3.05) is 0 Å². The maximum Gasteiger partial charge on any atom is 0.164 e. The second-order valence-corrected chi connectivity index (χ2v) is 12.1. The maximum absolute atomic E-state index is 6.03. The summed E-state index contributed by atoms with van der Waals surface area (Å²) in [6.07, 6.45) is 0. The van der Waals surface area contributed by atoms with Crippen LogP contribution in [0.2, 0.25) is 0 Å². The van der Waals surface area contributed by atoms with E-state index in [0.717, 1.165) is 66.4 Å². The lowest BCUT2D eigenvalue weighted by Gasteiger charge is -2.10. The molecular formula is C45H29N3O. The van der Waals surface area contributed by atoms with Crippen molar-refractivity contribution in [1.29, 1.82) is 0 Å². The molecule has 7 aromatic carbocycles. The van der Waals surface area contributed by atoms with Gasteiger partial charge in [0, 0.05) is 27.5 Å². The van der Waals surface area contributed by atoms with Crippen LogP contribution in [0.3, 0.4) is 0 Å². The highest BCUT2D eigenvalue weighted by Crippen LogP contribution is 2.34. The highest BCUT2D eigenvalue weighted by Gasteiger charge is 2.13. The first-order chi connectivity index (χ1) is 24.2. The van der Waals surface area contributed by atoms with Gasteiger partial charge in [-0.1, -0.05) is 158 Å². The summed E-state index contributed by atoms with van der Waals surface area (Å²) in [5, 5.41) is 2.27. The van der Waals surface area contributed by atoms with Crippen molar-refractivity contribution in [1.82, 2.24) is 15.0 Å². The van der Waals surface area contributed by atoms with Gasteiger partial charge in [-0.2, -0.15) is 0 Å². The lowest BCUT2D eigenvalue weighted by atomic mass is 9.98. The Morgan fingerprint density at radius 2 is 0.612 bits per heavy atom. The van der Waals surface area contributed by atoms with Gasteiger partial charge in [0.1, 0.15) is 11.2 Å². The lowest BCUT2D eigenvalue weighted by molar-refractivity contribution is 0.669. The Labute approximate surface area is 284 Å². The molecule has 0 amide bonds. The number of furan rings is 1. The fourth-order valence-corrected chi connectivity index (χ4v) is 6.37. The number of benzene rings is 7. The molecule has 0 N–H and O–H groups in total. The van der Waals surface area contributed by atoms with Crippen LogP contribution in [0.5, 0.6) is 0 Å². The molecule has 0 unspecified atom stereocenters. The number of hydrogen-bond acceptors (Lipinski definition) is 4. The second kappa shape index (κ2) is 12.2. The summed E-state index contributed by atoms with van der Waals surface area (Å²) < 4.78 is 6.03. The van der Waals surface area contributed by atoms with Crippen LogP contribution in [-0.4, -0.2) is 15.0 Å². The van der Waals surface area contributed by atoms with Gasteiger partial charge in [0.2, 0.25) is 0 Å². The molecule has 0 saturated carbocycles. The van der Waals surface area contributed by atoms with E-state index in [9.17, 15) is 0 Å². The van der Waals surface area contributed by atoms with Crippen molar-refractivity contribution in [3.05, 3.63) is 176 Å². The highest BCUT2D eigenvalue weighted by molar-refractivity contribution is 6.06. The van der Waals surface area contributed by atoms with E-state index in [1.54, 1.807) is 0 Å². The van der Waals surface area contributed by atoms with Crippen LogP contribution in [0.1, 0.15) is 0 Å². The number of fused-ring (bicyclic) bond motifs is 3. The molecule has 49 heavy (non-hydrogen) atoms. The molecule has 0 atom stereocenters. The van der Waals surface area contributed by atoms with E-state index in [-0.39, 0.29) is 0 Å². The molecule has 4 nitrogen and oxygen atoms in total. The summed E-state index contributed by atoms with van der Waals surface area (Å²) in [4.78, 5) is 14.8. The zero-order valence-electron chi connectivity index (χ0n) is 26.5. The fraction of sp³-hybridized carbons (Fsp3) is 0. The molecule has 0 spiro atoms. The van der Waals surface area contributed by atoms with Crippen LogP contribution < -0.4 is 0 Å². The summed E-state index contributed by atoms with van der Waals surface area (Å²) in [6, 6.07) is 60.6. The van der Waals surface area contributed by atoms with Crippen molar-refractivity contribution >= 4 is 21.9 Å². The Kier molecular flexibility index (Phi) is 7.10.